The third-order valence-corrected chi connectivity index (χ3v) is 19.3. The molecule has 0 heterocycles. The molecule has 0 unspecified atom stereocenters. The van der Waals surface area contributed by atoms with E-state index in [4.69, 9.17) is 0 Å². The van der Waals surface area contributed by atoms with Gasteiger partial charge in [0, 0.05) is 0 Å². The van der Waals surface area contributed by atoms with Crippen molar-refractivity contribution in [2.75, 3.05) is 0 Å². The molecule has 0 N–H and O–H groups in total. The quantitative estimate of drug-likeness (QED) is 0.105. The molecule has 21 aromatic rings. The molecule has 394 valence electrons. The zero-order chi connectivity index (χ0) is 56.1. The van der Waals surface area contributed by atoms with Crippen LogP contribution in [0.5, 0.6) is 0 Å². The summed E-state index contributed by atoms with van der Waals surface area (Å²) in [4.78, 5) is 0. The van der Waals surface area contributed by atoms with E-state index in [1.165, 1.54) is 195 Å². The Labute approximate surface area is 494 Å². The topological polar surface area (TPSA) is 0 Å². The number of hydrogen-bond donors (Lipinski definition) is 0. The molecule has 0 heteroatoms. The van der Waals surface area contributed by atoms with Crippen molar-refractivity contribution >= 4 is 172 Å². The van der Waals surface area contributed by atoms with Gasteiger partial charge in [0.05, 0.1) is 0 Å². The summed E-state index contributed by atoms with van der Waals surface area (Å²) in [5.41, 5.74) is 5.52. The van der Waals surface area contributed by atoms with E-state index in [1.54, 1.807) is 0 Å². The second-order valence-electron chi connectivity index (χ2n) is 23.7. The lowest BCUT2D eigenvalue weighted by atomic mass is 9.86. The lowest BCUT2D eigenvalue weighted by Gasteiger charge is -2.17. The van der Waals surface area contributed by atoms with Crippen LogP contribution in [-0.4, -0.2) is 0 Å². The molecular formula is C86H50. The van der Waals surface area contributed by atoms with Gasteiger partial charge in [-0.2, -0.15) is 0 Å². The molecule has 21 aromatic carbocycles. The van der Waals surface area contributed by atoms with Crippen LogP contribution in [0.3, 0.4) is 0 Å². The van der Waals surface area contributed by atoms with Gasteiger partial charge in [0.15, 0.2) is 0 Å². The van der Waals surface area contributed by atoms with Gasteiger partial charge in [0.1, 0.15) is 0 Å². The van der Waals surface area contributed by atoms with Crippen LogP contribution in [0.1, 0.15) is 0 Å². The molecule has 1 aliphatic rings. The highest BCUT2D eigenvalue weighted by molar-refractivity contribution is 6.40. The van der Waals surface area contributed by atoms with Crippen LogP contribution >= 0.6 is 0 Å². The van der Waals surface area contributed by atoms with E-state index in [2.05, 4.69) is 303 Å². The predicted molar refractivity (Wildman–Crippen MR) is 375 cm³/mol. The minimum absolute atomic E-state index is 1.30. The highest BCUT2D eigenvalue weighted by Crippen LogP contribution is 2.52. The molecule has 0 fully saturated rings. The van der Waals surface area contributed by atoms with E-state index >= 15 is 0 Å². The zero-order valence-corrected chi connectivity index (χ0v) is 46.9. The maximum atomic E-state index is 2.37. The Morgan fingerprint density at radius 1 is 0.105 bits per heavy atom. The van der Waals surface area contributed by atoms with Crippen LogP contribution in [0, 0.1) is 0 Å². The predicted octanol–water partition coefficient (Wildman–Crippen LogP) is 24.6. The van der Waals surface area contributed by atoms with Crippen molar-refractivity contribution in [3.63, 3.8) is 0 Å². The summed E-state index contributed by atoms with van der Waals surface area (Å²) in [5, 5.41) is 43.5. The van der Waals surface area contributed by atoms with Crippen LogP contribution in [0.2, 0.25) is 0 Å². The normalized spacial score (nSPS) is 12.2. The van der Waals surface area contributed by atoms with Gasteiger partial charge < -0.3 is 0 Å². The van der Waals surface area contributed by atoms with Gasteiger partial charge in [-0.25, -0.2) is 0 Å². The molecule has 0 spiro atoms. The summed E-state index contributed by atoms with van der Waals surface area (Å²) in [7, 11) is 0. The number of hydrogen-bond acceptors (Lipinski definition) is 0. The summed E-state index contributed by atoms with van der Waals surface area (Å²) < 4.78 is 0. The summed E-state index contributed by atoms with van der Waals surface area (Å²) in [5.74, 6) is 0. The maximum absolute atomic E-state index is 2.37. The molecular weight excluding hydrogens is 1030 g/mol. The Kier molecular flexibility index (Phi) is 9.99. The third kappa shape index (κ3) is 6.87. The lowest BCUT2D eigenvalue weighted by Crippen LogP contribution is -1.89. The smallest absolute Gasteiger partial charge is 0.00137 e. The molecule has 0 radical (unpaired) electrons. The Balaban J connectivity index is 0.0000000839. The Morgan fingerprint density at radius 3 is 0.942 bits per heavy atom. The molecule has 1 aliphatic carbocycles. The molecule has 0 aromatic heterocycles. The SMILES string of the molecule is c1cc2ccc3ccc4ccc5cccc6c(c1)c2c3c4c56.c1ccc2c(c1)-c1ccc3ccc4cccc5cc-2c1c3c45.c1ccc2c(c1)cc1ccc3cccc4ccc2c1c34.c1ccc2c(c1)ccc1cc3c(ccc4ccccc43)cc12. The second-order valence-corrected chi connectivity index (χ2v) is 23.7. The first-order valence-corrected chi connectivity index (χ1v) is 30.0. The van der Waals surface area contributed by atoms with Crippen LogP contribution in [-0.2, 0) is 0 Å². The van der Waals surface area contributed by atoms with Crippen molar-refractivity contribution in [1.29, 1.82) is 0 Å². The fraction of sp³-hybridized carbons (Fsp3) is 0. The van der Waals surface area contributed by atoms with Gasteiger partial charge in [0.25, 0.3) is 0 Å². The summed E-state index contributed by atoms with van der Waals surface area (Å²) in [6.45, 7) is 0. The Morgan fingerprint density at radius 2 is 0.395 bits per heavy atom. The fourth-order valence-corrected chi connectivity index (χ4v) is 15.5. The fourth-order valence-electron chi connectivity index (χ4n) is 15.5. The van der Waals surface area contributed by atoms with Gasteiger partial charge >= 0.3 is 0 Å². The molecule has 22 rings (SSSR count). The molecule has 0 aliphatic heterocycles. The molecule has 0 nitrogen and oxygen atoms in total. The standard InChI is InChI=1S/2C22H12.C22H14.C20H12/c1-3-13-7-9-15-11-12-16-10-8-14-4-2-6-18-17(5-1)19(13)21(15)22(16)20(14)18;1-2-7-17-16(6-1)18-11-10-14-9-8-13-4-3-5-15-12-19(17)22(18)21(14)20(13)15;1-3-7-19-15(5-1)9-11-17-14-22-18(13-21(17)19)12-10-16-6-2-4-8-20(16)22;1-2-7-17-15(4-1)12-16-9-8-13-5-3-6-14-10-11-18(17)20(16)19(13)14/h2*1-12H;1-14H;1-12H. The maximum Gasteiger partial charge on any atom is -0.00137 e. The number of benzene rings is 21. The summed E-state index contributed by atoms with van der Waals surface area (Å²) in [6.07, 6.45) is 0. The van der Waals surface area contributed by atoms with Gasteiger partial charge in [-0.15, -0.1) is 0 Å². The van der Waals surface area contributed by atoms with Crippen molar-refractivity contribution < 1.29 is 0 Å². The molecule has 0 atom stereocenters. The molecule has 0 saturated carbocycles. The van der Waals surface area contributed by atoms with Crippen molar-refractivity contribution in [3.8, 4) is 22.3 Å². The zero-order valence-electron chi connectivity index (χ0n) is 46.9. The van der Waals surface area contributed by atoms with Crippen molar-refractivity contribution in [1.82, 2.24) is 0 Å². The number of rotatable bonds is 0. The monoisotopic (exact) mass is 1080 g/mol. The molecule has 0 amide bonds. The Hall–Kier alpha value is -11.2. The lowest BCUT2D eigenvalue weighted by molar-refractivity contribution is 1.70. The van der Waals surface area contributed by atoms with E-state index in [0.717, 1.165) is 0 Å². The van der Waals surface area contributed by atoms with E-state index < -0.39 is 0 Å². The minimum Gasteiger partial charge on any atom is -0.0616 e. The average Bonchev–Trinajstić information content (AvgIpc) is 1.24. The highest BCUT2D eigenvalue weighted by Gasteiger charge is 2.24. The number of fused-ring (bicyclic) bond motifs is 12. The summed E-state index contributed by atoms with van der Waals surface area (Å²) in [6, 6.07) is 111. The van der Waals surface area contributed by atoms with Crippen LogP contribution in [0.25, 0.3) is 195 Å². The van der Waals surface area contributed by atoms with Gasteiger partial charge in [-0.3, -0.25) is 0 Å². The first kappa shape index (κ1) is 47.3. The van der Waals surface area contributed by atoms with Gasteiger partial charge in [-0.05, 0) is 219 Å². The first-order chi connectivity index (χ1) is 42.6. The molecule has 0 saturated heterocycles. The van der Waals surface area contributed by atoms with E-state index in [9.17, 15) is 0 Å². The highest BCUT2D eigenvalue weighted by atomic mass is 14.3. The van der Waals surface area contributed by atoms with Crippen LogP contribution in [0.4, 0.5) is 0 Å². The first-order valence-electron chi connectivity index (χ1n) is 30.0. The van der Waals surface area contributed by atoms with Crippen LogP contribution < -0.4 is 0 Å². The van der Waals surface area contributed by atoms with Crippen molar-refractivity contribution in [2.24, 2.45) is 0 Å². The molecule has 86 heavy (non-hydrogen) atoms. The summed E-state index contributed by atoms with van der Waals surface area (Å²) >= 11 is 0. The van der Waals surface area contributed by atoms with Crippen molar-refractivity contribution in [2.45, 2.75) is 0 Å². The van der Waals surface area contributed by atoms with E-state index in [-0.39, 0.29) is 0 Å². The van der Waals surface area contributed by atoms with E-state index in [1.807, 2.05) is 0 Å². The second kappa shape index (κ2) is 18.2. The minimum atomic E-state index is 1.30. The van der Waals surface area contributed by atoms with Crippen LogP contribution in [0.15, 0.2) is 303 Å². The van der Waals surface area contributed by atoms with Gasteiger partial charge in [-0.1, -0.05) is 279 Å². The van der Waals surface area contributed by atoms with E-state index in [0.29, 0.717) is 0 Å². The van der Waals surface area contributed by atoms with Crippen molar-refractivity contribution in [3.05, 3.63) is 303 Å². The third-order valence-electron chi connectivity index (χ3n) is 19.3. The average molecular weight is 1080 g/mol. The van der Waals surface area contributed by atoms with Gasteiger partial charge in [0.2, 0.25) is 0 Å². The molecule has 0 bridgehead atoms. The Bertz CT molecular complexity index is 6090. The largest absolute Gasteiger partial charge is 0.0616 e.